The molecule has 1 aromatic rings. The van der Waals surface area contributed by atoms with Gasteiger partial charge in [0.2, 0.25) is 0 Å². The first-order valence-electron chi connectivity index (χ1n) is 7.30. The predicted octanol–water partition coefficient (Wildman–Crippen LogP) is 3.12. The monoisotopic (exact) mass is 292 g/mol. The molecule has 0 unspecified atom stereocenters. The summed E-state index contributed by atoms with van der Waals surface area (Å²) in [6, 6.07) is 5.25. The molecular formula is C16H24N2O3. The molecule has 0 radical (unpaired) electrons. The maximum absolute atomic E-state index is 12.0. The minimum absolute atomic E-state index is 0.0399. The third-order valence-electron chi connectivity index (χ3n) is 3.94. The summed E-state index contributed by atoms with van der Waals surface area (Å²) in [5.41, 5.74) is 6.50. The summed E-state index contributed by atoms with van der Waals surface area (Å²) in [5, 5.41) is 12.8. The van der Waals surface area contributed by atoms with Gasteiger partial charge in [-0.15, -0.1) is 0 Å². The van der Waals surface area contributed by atoms with Crippen molar-refractivity contribution >= 4 is 11.8 Å². The summed E-state index contributed by atoms with van der Waals surface area (Å²) >= 11 is 0. The van der Waals surface area contributed by atoms with Gasteiger partial charge in [-0.2, -0.15) is 0 Å². The molecule has 1 amide bonds. The number of hydrogen-bond donors (Lipinski definition) is 3. The highest BCUT2D eigenvalue weighted by molar-refractivity contribution is 5.88. The molecule has 2 rings (SSSR count). The lowest BCUT2D eigenvalue weighted by Crippen LogP contribution is -2.42. The molecule has 1 aliphatic carbocycles. The number of nitrogens with one attached hydrogen (secondary N) is 1. The number of para-hydroxylation sites is 1. The molecule has 0 spiro atoms. The molecule has 5 nitrogen and oxygen atoms in total. The highest BCUT2D eigenvalue weighted by Gasteiger charge is 2.40. The predicted molar refractivity (Wildman–Crippen MR) is 82.5 cm³/mol. The Morgan fingerprint density at radius 1 is 1.43 bits per heavy atom. The first-order valence-corrected chi connectivity index (χ1v) is 7.30. The van der Waals surface area contributed by atoms with E-state index in [9.17, 15) is 9.90 Å². The van der Waals surface area contributed by atoms with E-state index in [4.69, 9.17) is 10.5 Å². The van der Waals surface area contributed by atoms with Crippen molar-refractivity contribution in [1.82, 2.24) is 0 Å². The number of phenolic OH excluding ortho intramolecular Hbond substituents is 1. The highest BCUT2D eigenvalue weighted by atomic mass is 16.6. The number of anilines is 1. The van der Waals surface area contributed by atoms with E-state index in [-0.39, 0.29) is 11.2 Å². The van der Waals surface area contributed by atoms with Crippen molar-refractivity contribution in [2.75, 3.05) is 11.9 Å². The number of rotatable bonds is 3. The normalized spacial score (nSPS) is 17.0. The second-order valence-electron chi connectivity index (χ2n) is 6.66. The van der Waals surface area contributed by atoms with Crippen LogP contribution in [0, 0.1) is 0 Å². The molecule has 5 heteroatoms. The number of ether oxygens (including phenoxy) is 1. The minimum Gasteiger partial charge on any atom is -0.506 e. The second-order valence-corrected chi connectivity index (χ2v) is 6.66. The van der Waals surface area contributed by atoms with E-state index in [1.165, 1.54) is 0 Å². The first-order chi connectivity index (χ1) is 9.77. The van der Waals surface area contributed by atoms with Crippen LogP contribution in [0.2, 0.25) is 0 Å². The van der Waals surface area contributed by atoms with Crippen LogP contribution < -0.4 is 11.1 Å². The zero-order valence-corrected chi connectivity index (χ0v) is 12.9. The van der Waals surface area contributed by atoms with Crippen molar-refractivity contribution in [2.45, 2.75) is 51.0 Å². The van der Waals surface area contributed by atoms with Gasteiger partial charge in [0, 0.05) is 12.0 Å². The molecule has 0 aromatic heterocycles. The molecule has 1 saturated carbocycles. The molecule has 1 fully saturated rings. The van der Waals surface area contributed by atoms with E-state index < -0.39 is 11.7 Å². The van der Waals surface area contributed by atoms with E-state index in [1.807, 2.05) is 6.07 Å². The molecule has 21 heavy (non-hydrogen) atoms. The van der Waals surface area contributed by atoms with Crippen LogP contribution in [-0.4, -0.2) is 23.3 Å². The molecule has 0 heterocycles. The van der Waals surface area contributed by atoms with Crippen LogP contribution >= 0.6 is 0 Å². The SMILES string of the molecule is CC(C)(C)OC(=O)Nc1c(O)cccc1C1(CN)CCC1. The Balaban J connectivity index is 2.29. The standard InChI is InChI=1S/C16H24N2O3/c1-15(2,3)21-14(20)18-13-11(6-4-7-12(13)19)16(10-17)8-5-9-16/h4,6-7,19H,5,8-10,17H2,1-3H3,(H,18,20). The maximum Gasteiger partial charge on any atom is 0.412 e. The van der Waals surface area contributed by atoms with E-state index in [0.717, 1.165) is 24.8 Å². The van der Waals surface area contributed by atoms with Crippen LogP contribution in [0.15, 0.2) is 18.2 Å². The molecule has 0 saturated heterocycles. The first kappa shape index (κ1) is 15.6. The third kappa shape index (κ3) is 3.29. The second kappa shape index (κ2) is 5.56. The Morgan fingerprint density at radius 3 is 2.57 bits per heavy atom. The Bertz CT molecular complexity index is 525. The summed E-state index contributed by atoms with van der Waals surface area (Å²) in [6.07, 6.45) is 2.47. The van der Waals surface area contributed by atoms with Gasteiger partial charge in [-0.05, 0) is 45.2 Å². The smallest absolute Gasteiger partial charge is 0.412 e. The fraction of sp³-hybridized carbons (Fsp3) is 0.562. The van der Waals surface area contributed by atoms with Gasteiger partial charge in [-0.3, -0.25) is 5.32 Å². The van der Waals surface area contributed by atoms with Crippen molar-refractivity contribution in [3.05, 3.63) is 23.8 Å². The lowest BCUT2D eigenvalue weighted by molar-refractivity contribution is 0.0635. The average molecular weight is 292 g/mol. The van der Waals surface area contributed by atoms with Crippen molar-refractivity contribution in [1.29, 1.82) is 0 Å². The summed E-state index contributed by atoms with van der Waals surface area (Å²) in [4.78, 5) is 12.0. The van der Waals surface area contributed by atoms with Crippen molar-refractivity contribution in [2.24, 2.45) is 5.73 Å². The quantitative estimate of drug-likeness (QED) is 0.747. The molecule has 4 N–H and O–H groups in total. The molecule has 1 aromatic carbocycles. The van der Waals surface area contributed by atoms with Crippen molar-refractivity contribution in [3.8, 4) is 5.75 Å². The Hall–Kier alpha value is -1.75. The van der Waals surface area contributed by atoms with Gasteiger partial charge in [-0.1, -0.05) is 18.6 Å². The zero-order chi connectivity index (χ0) is 15.7. The Morgan fingerprint density at radius 2 is 2.10 bits per heavy atom. The number of carbonyl (C=O) groups excluding carboxylic acids is 1. The Kier molecular flexibility index (Phi) is 4.14. The van der Waals surface area contributed by atoms with Gasteiger partial charge >= 0.3 is 6.09 Å². The lowest BCUT2D eigenvalue weighted by Gasteiger charge is -2.42. The summed E-state index contributed by atoms with van der Waals surface area (Å²) in [7, 11) is 0. The van der Waals surface area contributed by atoms with Crippen LogP contribution in [0.3, 0.4) is 0 Å². The van der Waals surface area contributed by atoms with Crippen LogP contribution in [0.5, 0.6) is 5.75 Å². The number of phenols is 1. The fourth-order valence-electron chi connectivity index (χ4n) is 2.71. The lowest BCUT2D eigenvalue weighted by atomic mass is 9.64. The van der Waals surface area contributed by atoms with E-state index in [2.05, 4.69) is 5.32 Å². The van der Waals surface area contributed by atoms with E-state index in [0.29, 0.717) is 12.2 Å². The highest BCUT2D eigenvalue weighted by Crippen LogP contribution is 2.47. The van der Waals surface area contributed by atoms with Crippen LogP contribution in [0.4, 0.5) is 10.5 Å². The molecule has 0 bridgehead atoms. The topological polar surface area (TPSA) is 84.6 Å². The fourth-order valence-corrected chi connectivity index (χ4v) is 2.71. The van der Waals surface area contributed by atoms with Crippen LogP contribution in [0.1, 0.15) is 45.6 Å². The number of aromatic hydroxyl groups is 1. The van der Waals surface area contributed by atoms with E-state index >= 15 is 0 Å². The minimum atomic E-state index is -0.587. The molecular weight excluding hydrogens is 268 g/mol. The Labute approximate surface area is 125 Å². The van der Waals surface area contributed by atoms with Gasteiger partial charge < -0.3 is 15.6 Å². The van der Waals surface area contributed by atoms with Gasteiger partial charge in [0.05, 0.1) is 5.69 Å². The summed E-state index contributed by atoms with van der Waals surface area (Å²) < 4.78 is 5.26. The molecule has 0 aliphatic heterocycles. The largest absolute Gasteiger partial charge is 0.506 e. The number of benzene rings is 1. The molecule has 116 valence electrons. The van der Waals surface area contributed by atoms with Crippen LogP contribution in [0.25, 0.3) is 0 Å². The van der Waals surface area contributed by atoms with Gasteiger partial charge in [0.15, 0.2) is 0 Å². The van der Waals surface area contributed by atoms with Crippen molar-refractivity contribution in [3.63, 3.8) is 0 Å². The number of hydrogen-bond acceptors (Lipinski definition) is 4. The van der Waals surface area contributed by atoms with E-state index in [1.54, 1.807) is 32.9 Å². The number of nitrogens with two attached hydrogens (primary N) is 1. The third-order valence-corrected chi connectivity index (χ3v) is 3.94. The summed E-state index contributed by atoms with van der Waals surface area (Å²) in [5.74, 6) is 0.0399. The van der Waals surface area contributed by atoms with Gasteiger partial charge in [0.1, 0.15) is 11.4 Å². The number of carbonyl (C=O) groups is 1. The van der Waals surface area contributed by atoms with Gasteiger partial charge in [0.25, 0.3) is 0 Å². The average Bonchev–Trinajstić information content (AvgIpc) is 2.30. The zero-order valence-electron chi connectivity index (χ0n) is 12.9. The van der Waals surface area contributed by atoms with Crippen molar-refractivity contribution < 1.29 is 14.6 Å². The van der Waals surface area contributed by atoms with Crippen LogP contribution in [-0.2, 0) is 10.2 Å². The molecule has 1 aliphatic rings. The maximum atomic E-state index is 12.0. The summed E-state index contributed by atoms with van der Waals surface area (Å²) in [6.45, 7) is 5.89. The van der Waals surface area contributed by atoms with Gasteiger partial charge in [-0.25, -0.2) is 4.79 Å². The molecule has 0 atom stereocenters. The number of amides is 1.